The Labute approximate surface area is 123 Å². The van der Waals surface area contributed by atoms with Crippen LogP contribution >= 0.6 is 0 Å². The predicted molar refractivity (Wildman–Crippen MR) is 83.2 cm³/mol. The molecule has 0 aliphatic heterocycles. The van der Waals surface area contributed by atoms with Crippen molar-refractivity contribution in [3.63, 3.8) is 0 Å². The van der Waals surface area contributed by atoms with Gasteiger partial charge in [-0.25, -0.2) is 4.39 Å². The van der Waals surface area contributed by atoms with Crippen LogP contribution in [-0.2, 0) is 0 Å². The van der Waals surface area contributed by atoms with Gasteiger partial charge in [-0.3, -0.25) is 0 Å². The van der Waals surface area contributed by atoms with E-state index in [9.17, 15) is 4.39 Å². The van der Waals surface area contributed by atoms with Crippen LogP contribution in [0.15, 0.2) is 24.3 Å². The van der Waals surface area contributed by atoms with Gasteiger partial charge < -0.3 is 5.32 Å². The average Bonchev–Trinajstić information content (AvgIpc) is 2.65. The molecular weight excluding hydrogens is 249 g/mol. The van der Waals surface area contributed by atoms with Crippen LogP contribution in [-0.4, -0.2) is 6.04 Å². The molecule has 112 valence electrons. The molecule has 1 fully saturated rings. The third-order valence-corrected chi connectivity index (χ3v) is 4.81. The van der Waals surface area contributed by atoms with Crippen LogP contribution in [0.1, 0.15) is 64.5 Å². The number of hydrogen-bond acceptors (Lipinski definition) is 1. The number of rotatable bonds is 4. The lowest BCUT2D eigenvalue weighted by atomic mass is 9.89. The topological polar surface area (TPSA) is 12.0 Å². The lowest BCUT2D eigenvalue weighted by Crippen LogP contribution is -2.31. The quantitative estimate of drug-likeness (QED) is 0.757. The molecule has 1 aliphatic rings. The Balaban J connectivity index is 1.88. The first-order chi connectivity index (χ1) is 9.56. The van der Waals surface area contributed by atoms with Crippen LogP contribution in [0, 0.1) is 17.7 Å². The second kappa shape index (κ2) is 7.21. The van der Waals surface area contributed by atoms with Crippen molar-refractivity contribution in [3.8, 4) is 0 Å². The van der Waals surface area contributed by atoms with Gasteiger partial charge in [0, 0.05) is 12.1 Å². The zero-order valence-electron chi connectivity index (χ0n) is 13.0. The number of halogens is 1. The second-order valence-electron chi connectivity index (χ2n) is 6.65. The summed E-state index contributed by atoms with van der Waals surface area (Å²) in [6, 6.07) is 7.79. The van der Waals surface area contributed by atoms with E-state index in [2.05, 4.69) is 26.1 Å². The third kappa shape index (κ3) is 4.31. The highest BCUT2D eigenvalue weighted by molar-refractivity contribution is 5.19. The first-order valence-electron chi connectivity index (χ1n) is 8.07. The Morgan fingerprint density at radius 2 is 1.70 bits per heavy atom. The molecule has 0 radical (unpaired) electrons. The predicted octanol–water partition coefficient (Wildman–Crippen LogP) is 5.08. The first-order valence-corrected chi connectivity index (χ1v) is 8.07. The van der Waals surface area contributed by atoms with Crippen LogP contribution < -0.4 is 5.32 Å². The molecule has 3 atom stereocenters. The van der Waals surface area contributed by atoms with Gasteiger partial charge >= 0.3 is 0 Å². The third-order valence-electron chi connectivity index (χ3n) is 4.81. The number of nitrogens with one attached hydrogen (secondary N) is 1. The summed E-state index contributed by atoms with van der Waals surface area (Å²) in [6.07, 6.45) is 6.59. The standard InChI is InChI=1S/C18H28FN/c1-13(2)15-5-4-6-18(12-9-15)20-14(3)16-7-10-17(19)11-8-16/h7-8,10-11,13-15,18,20H,4-6,9,12H2,1-3H3/t14-,15?,18?/m0/s1. The van der Waals surface area contributed by atoms with E-state index in [-0.39, 0.29) is 5.82 Å². The van der Waals surface area contributed by atoms with E-state index in [1.54, 1.807) is 12.1 Å². The summed E-state index contributed by atoms with van der Waals surface area (Å²) in [5.74, 6) is 1.54. The van der Waals surface area contributed by atoms with E-state index in [4.69, 9.17) is 0 Å². The van der Waals surface area contributed by atoms with Crippen molar-refractivity contribution in [1.29, 1.82) is 0 Å². The normalized spacial score (nSPS) is 25.4. The summed E-state index contributed by atoms with van der Waals surface area (Å²) in [7, 11) is 0. The van der Waals surface area contributed by atoms with Gasteiger partial charge in [0.15, 0.2) is 0 Å². The monoisotopic (exact) mass is 277 g/mol. The number of hydrogen-bond donors (Lipinski definition) is 1. The minimum atomic E-state index is -0.157. The summed E-state index contributed by atoms with van der Waals surface area (Å²) in [4.78, 5) is 0. The lowest BCUT2D eigenvalue weighted by Gasteiger charge is -2.23. The maximum absolute atomic E-state index is 13.0. The zero-order chi connectivity index (χ0) is 14.5. The molecule has 1 aliphatic carbocycles. The summed E-state index contributed by atoms with van der Waals surface area (Å²) in [5.41, 5.74) is 1.18. The SMILES string of the molecule is CC(C)C1CCCC(N[C@@H](C)c2ccc(F)cc2)CC1. The van der Waals surface area contributed by atoms with Crippen LogP contribution in [0.25, 0.3) is 0 Å². The molecule has 2 rings (SSSR count). The molecule has 1 aromatic carbocycles. The molecule has 2 heteroatoms. The van der Waals surface area contributed by atoms with Crippen LogP contribution in [0.5, 0.6) is 0 Å². The molecule has 2 unspecified atom stereocenters. The maximum Gasteiger partial charge on any atom is 0.123 e. The second-order valence-corrected chi connectivity index (χ2v) is 6.65. The molecule has 20 heavy (non-hydrogen) atoms. The minimum Gasteiger partial charge on any atom is -0.307 e. The van der Waals surface area contributed by atoms with Gasteiger partial charge in [-0.15, -0.1) is 0 Å². The Morgan fingerprint density at radius 1 is 1.00 bits per heavy atom. The molecule has 0 spiro atoms. The Bertz CT molecular complexity index is 398. The summed E-state index contributed by atoms with van der Waals surface area (Å²) >= 11 is 0. The van der Waals surface area contributed by atoms with Gasteiger partial charge in [0.05, 0.1) is 0 Å². The molecule has 0 amide bonds. The molecule has 0 heterocycles. The van der Waals surface area contributed by atoms with Gasteiger partial charge in [-0.05, 0) is 55.7 Å². The highest BCUT2D eigenvalue weighted by Crippen LogP contribution is 2.29. The van der Waals surface area contributed by atoms with Crippen molar-refractivity contribution in [2.75, 3.05) is 0 Å². The average molecular weight is 277 g/mol. The van der Waals surface area contributed by atoms with E-state index in [0.717, 1.165) is 11.8 Å². The van der Waals surface area contributed by atoms with Gasteiger partial charge in [0.1, 0.15) is 5.82 Å². The summed E-state index contributed by atoms with van der Waals surface area (Å²) in [5, 5.41) is 3.73. The van der Waals surface area contributed by atoms with Crippen LogP contribution in [0.4, 0.5) is 4.39 Å². The lowest BCUT2D eigenvalue weighted by molar-refractivity contribution is 0.335. The molecule has 0 aromatic heterocycles. The first kappa shape index (κ1) is 15.5. The molecule has 0 bridgehead atoms. The zero-order valence-corrected chi connectivity index (χ0v) is 13.0. The van der Waals surface area contributed by atoms with Crippen molar-refractivity contribution >= 4 is 0 Å². The van der Waals surface area contributed by atoms with Gasteiger partial charge in [0.2, 0.25) is 0 Å². The van der Waals surface area contributed by atoms with Crippen molar-refractivity contribution < 1.29 is 4.39 Å². The smallest absolute Gasteiger partial charge is 0.123 e. The van der Waals surface area contributed by atoms with Gasteiger partial charge in [-0.1, -0.05) is 38.8 Å². The van der Waals surface area contributed by atoms with Gasteiger partial charge in [0.25, 0.3) is 0 Å². The largest absolute Gasteiger partial charge is 0.307 e. The minimum absolute atomic E-state index is 0.157. The number of benzene rings is 1. The van der Waals surface area contributed by atoms with Crippen LogP contribution in [0.2, 0.25) is 0 Å². The van der Waals surface area contributed by atoms with Crippen molar-refractivity contribution in [2.45, 2.75) is 65.0 Å². The van der Waals surface area contributed by atoms with Crippen molar-refractivity contribution in [2.24, 2.45) is 11.8 Å². The highest BCUT2D eigenvalue weighted by Gasteiger charge is 2.22. The fourth-order valence-electron chi connectivity index (χ4n) is 3.36. The van der Waals surface area contributed by atoms with Crippen molar-refractivity contribution in [1.82, 2.24) is 5.32 Å². The van der Waals surface area contributed by atoms with E-state index in [1.807, 2.05) is 12.1 Å². The maximum atomic E-state index is 13.0. The molecule has 1 nitrogen and oxygen atoms in total. The van der Waals surface area contributed by atoms with Crippen LogP contribution in [0.3, 0.4) is 0 Å². The fourth-order valence-corrected chi connectivity index (χ4v) is 3.36. The van der Waals surface area contributed by atoms with Crippen molar-refractivity contribution in [3.05, 3.63) is 35.6 Å². The van der Waals surface area contributed by atoms with E-state index in [1.165, 1.54) is 37.7 Å². The molecule has 1 saturated carbocycles. The molecule has 0 saturated heterocycles. The Hall–Kier alpha value is -0.890. The summed E-state index contributed by atoms with van der Waals surface area (Å²) in [6.45, 7) is 6.87. The molecule has 1 aromatic rings. The van der Waals surface area contributed by atoms with E-state index in [0.29, 0.717) is 12.1 Å². The van der Waals surface area contributed by atoms with E-state index >= 15 is 0 Å². The van der Waals surface area contributed by atoms with E-state index < -0.39 is 0 Å². The Kier molecular flexibility index (Phi) is 5.59. The molecular formula is C18H28FN. The fraction of sp³-hybridized carbons (Fsp3) is 0.667. The van der Waals surface area contributed by atoms with Gasteiger partial charge in [-0.2, -0.15) is 0 Å². The Morgan fingerprint density at radius 3 is 2.35 bits per heavy atom. The highest BCUT2D eigenvalue weighted by atomic mass is 19.1. The summed E-state index contributed by atoms with van der Waals surface area (Å²) < 4.78 is 13.0. The molecule has 1 N–H and O–H groups in total.